The zero-order valence-corrected chi connectivity index (χ0v) is 13.3. The second-order valence-corrected chi connectivity index (χ2v) is 5.03. The molecule has 0 aliphatic carbocycles. The van der Waals surface area contributed by atoms with Crippen LogP contribution in [0.4, 0.5) is 0 Å². The van der Waals surface area contributed by atoms with E-state index in [1.165, 1.54) is 7.11 Å². The first-order valence-electron chi connectivity index (χ1n) is 7.48. The van der Waals surface area contributed by atoms with Crippen molar-refractivity contribution in [3.05, 3.63) is 30.1 Å². The molecular formula is C16H23N3O3. The maximum Gasteiger partial charge on any atom is 0.246 e. The lowest BCUT2D eigenvalue weighted by molar-refractivity contribution is -0.125. The average molecular weight is 305 g/mol. The normalized spacial score (nSPS) is 12.5. The van der Waals surface area contributed by atoms with Crippen LogP contribution in [0.3, 0.4) is 0 Å². The predicted molar refractivity (Wildman–Crippen MR) is 84.7 cm³/mol. The van der Waals surface area contributed by atoms with Gasteiger partial charge in [0.2, 0.25) is 5.91 Å². The molecule has 1 N–H and O–H groups in total. The highest BCUT2D eigenvalue weighted by molar-refractivity contribution is 5.78. The summed E-state index contributed by atoms with van der Waals surface area (Å²) >= 11 is 0. The molecule has 0 spiro atoms. The summed E-state index contributed by atoms with van der Waals surface area (Å²) in [6.07, 6.45) is 0. The average Bonchev–Trinajstić information content (AvgIpc) is 2.87. The minimum absolute atomic E-state index is 0.0452. The third-order valence-corrected chi connectivity index (χ3v) is 3.39. The summed E-state index contributed by atoms with van der Waals surface area (Å²) in [5.74, 6) is 0.670. The minimum atomic E-state index is -0.198. The Morgan fingerprint density at radius 2 is 2.18 bits per heavy atom. The lowest BCUT2D eigenvalue weighted by atomic mass is 10.3. The van der Waals surface area contributed by atoms with Gasteiger partial charge in [0.1, 0.15) is 12.4 Å². The van der Waals surface area contributed by atoms with Crippen molar-refractivity contribution < 1.29 is 14.3 Å². The van der Waals surface area contributed by atoms with Crippen LogP contribution in [-0.2, 0) is 20.8 Å². The van der Waals surface area contributed by atoms with E-state index in [2.05, 4.69) is 14.9 Å². The van der Waals surface area contributed by atoms with Crippen molar-refractivity contribution in [2.45, 2.75) is 26.4 Å². The molecule has 2 aromatic rings. The van der Waals surface area contributed by atoms with Crippen molar-refractivity contribution in [3.63, 3.8) is 0 Å². The molecule has 6 nitrogen and oxygen atoms in total. The van der Waals surface area contributed by atoms with Crippen LogP contribution in [0.15, 0.2) is 24.3 Å². The van der Waals surface area contributed by atoms with Crippen LogP contribution >= 0.6 is 0 Å². The van der Waals surface area contributed by atoms with Gasteiger partial charge in [0.25, 0.3) is 0 Å². The molecule has 1 unspecified atom stereocenters. The van der Waals surface area contributed by atoms with E-state index in [1.54, 1.807) is 0 Å². The van der Waals surface area contributed by atoms with Gasteiger partial charge in [-0.05, 0) is 26.0 Å². The maximum absolute atomic E-state index is 11.7. The van der Waals surface area contributed by atoms with Gasteiger partial charge in [0.15, 0.2) is 0 Å². The van der Waals surface area contributed by atoms with Crippen LogP contribution in [0.25, 0.3) is 11.0 Å². The Labute approximate surface area is 130 Å². The molecule has 0 saturated carbocycles. The summed E-state index contributed by atoms with van der Waals surface area (Å²) in [6, 6.07) is 7.75. The predicted octanol–water partition coefficient (Wildman–Crippen LogP) is 1.90. The molecule has 1 heterocycles. The van der Waals surface area contributed by atoms with Crippen molar-refractivity contribution in [2.75, 3.05) is 26.9 Å². The van der Waals surface area contributed by atoms with Gasteiger partial charge in [-0.25, -0.2) is 4.98 Å². The Balaban J connectivity index is 2.26. The number of hydrogen-bond acceptors (Lipinski definition) is 4. The highest BCUT2D eigenvalue weighted by Crippen LogP contribution is 2.20. The molecule has 1 atom stereocenters. The number of hydrogen-bond donors (Lipinski definition) is 1. The fourth-order valence-corrected chi connectivity index (χ4v) is 2.44. The molecule has 0 saturated heterocycles. The molecular weight excluding hydrogens is 282 g/mol. The number of para-hydroxylation sites is 2. The summed E-state index contributed by atoms with van der Waals surface area (Å²) in [4.78, 5) is 16.4. The quantitative estimate of drug-likeness (QED) is 0.757. The summed E-state index contributed by atoms with van der Waals surface area (Å²) < 4.78 is 12.4. The van der Waals surface area contributed by atoms with E-state index in [4.69, 9.17) is 9.47 Å². The van der Waals surface area contributed by atoms with Crippen LogP contribution in [0.1, 0.15) is 25.7 Å². The van der Waals surface area contributed by atoms with Gasteiger partial charge >= 0.3 is 0 Å². The van der Waals surface area contributed by atoms with E-state index in [0.29, 0.717) is 19.8 Å². The van der Waals surface area contributed by atoms with Crippen molar-refractivity contribution in [1.82, 2.24) is 14.9 Å². The largest absolute Gasteiger partial charge is 0.380 e. The van der Waals surface area contributed by atoms with Crippen LogP contribution < -0.4 is 5.32 Å². The molecule has 120 valence electrons. The fraction of sp³-hybridized carbons (Fsp3) is 0.500. The summed E-state index contributed by atoms with van der Waals surface area (Å²) in [7, 11) is 1.50. The Bertz CT molecular complexity index is 624. The first-order chi connectivity index (χ1) is 10.7. The number of fused-ring (bicyclic) bond motifs is 1. The fourth-order valence-electron chi connectivity index (χ4n) is 2.44. The molecule has 0 aliphatic rings. The molecule has 0 fully saturated rings. The van der Waals surface area contributed by atoms with Crippen molar-refractivity contribution in [3.8, 4) is 0 Å². The van der Waals surface area contributed by atoms with E-state index in [0.717, 1.165) is 16.9 Å². The number of carbonyl (C=O) groups is 1. The number of imidazole rings is 1. The molecule has 0 radical (unpaired) electrons. The number of ether oxygens (including phenoxy) is 2. The van der Waals surface area contributed by atoms with E-state index in [-0.39, 0.29) is 18.6 Å². The number of nitrogens with one attached hydrogen (secondary N) is 1. The monoisotopic (exact) mass is 305 g/mol. The first-order valence-corrected chi connectivity index (χ1v) is 7.48. The third-order valence-electron chi connectivity index (χ3n) is 3.39. The Morgan fingerprint density at radius 1 is 1.41 bits per heavy atom. The van der Waals surface area contributed by atoms with Crippen LogP contribution in [0, 0.1) is 0 Å². The highest BCUT2D eigenvalue weighted by Gasteiger charge is 2.18. The molecule has 1 amide bonds. The van der Waals surface area contributed by atoms with Gasteiger partial charge in [0, 0.05) is 20.3 Å². The van der Waals surface area contributed by atoms with Crippen LogP contribution in [0.5, 0.6) is 0 Å². The smallest absolute Gasteiger partial charge is 0.246 e. The van der Waals surface area contributed by atoms with Crippen LogP contribution in [0.2, 0.25) is 0 Å². The van der Waals surface area contributed by atoms with Gasteiger partial charge in [0.05, 0.1) is 23.7 Å². The molecule has 1 aromatic carbocycles. The Morgan fingerprint density at radius 3 is 2.91 bits per heavy atom. The zero-order chi connectivity index (χ0) is 15.9. The standard InChI is InChI=1S/C16H23N3O3/c1-4-22-10-9-19-14-8-6-5-7-13(14)18-16(19)12(2)17-15(20)11-21-3/h5-8,12H,4,9-11H2,1-3H3,(H,17,20). The molecule has 0 bridgehead atoms. The Kier molecular flexibility index (Phi) is 5.91. The molecule has 1 aromatic heterocycles. The lowest BCUT2D eigenvalue weighted by Crippen LogP contribution is -2.31. The third kappa shape index (κ3) is 3.84. The van der Waals surface area contributed by atoms with E-state index in [1.807, 2.05) is 38.1 Å². The van der Waals surface area contributed by atoms with Crippen molar-refractivity contribution in [2.24, 2.45) is 0 Å². The van der Waals surface area contributed by atoms with Gasteiger partial charge in [-0.1, -0.05) is 12.1 Å². The second-order valence-electron chi connectivity index (χ2n) is 5.03. The van der Waals surface area contributed by atoms with E-state index < -0.39 is 0 Å². The molecule has 6 heteroatoms. The van der Waals surface area contributed by atoms with Gasteiger partial charge in [-0.3, -0.25) is 4.79 Å². The number of aromatic nitrogens is 2. The maximum atomic E-state index is 11.7. The molecule has 2 rings (SSSR count). The number of nitrogens with zero attached hydrogens (tertiary/aromatic N) is 2. The topological polar surface area (TPSA) is 65.4 Å². The number of amides is 1. The Hall–Kier alpha value is -1.92. The number of benzene rings is 1. The summed E-state index contributed by atoms with van der Waals surface area (Å²) in [6.45, 7) is 5.94. The van der Waals surface area contributed by atoms with Crippen molar-refractivity contribution in [1.29, 1.82) is 0 Å². The number of methoxy groups -OCH3 is 1. The number of rotatable bonds is 8. The summed E-state index contributed by atoms with van der Waals surface area (Å²) in [5.41, 5.74) is 1.96. The molecule has 0 aliphatic heterocycles. The zero-order valence-electron chi connectivity index (χ0n) is 13.3. The van der Waals surface area contributed by atoms with Crippen LogP contribution in [-0.4, -0.2) is 42.4 Å². The SMILES string of the molecule is CCOCCn1c(C(C)NC(=O)COC)nc2ccccc21. The summed E-state index contributed by atoms with van der Waals surface area (Å²) in [5, 5.41) is 2.90. The van der Waals surface area contributed by atoms with Gasteiger partial charge < -0.3 is 19.4 Å². The lowest BCUT2D eigenvalue weighted by Gasteiger charge is -2.16. The minimum Gasteiger partial charge on any atom is -0.380 e. The van der Waals surface area contributed by atoms with Crippen molar-refractivity contribution >= 4 is 16.9 Å². The number of carbonyl (C=O) groups excluding carboxylic acids is 1. The van der Waals surface area contributed by atoms with E-state index >= 15 is 0 Å². The van der Waals surface area contributed by atoms with Gasteiger partial charge in [-0.15, -0.1) is 0 Å². The van der Waals surface area contributed by atoms with E-state index in [9.17, 15) is 4.79 Å². The highest BCUT2D eigenvalue weighted by atomic mass is 16.5. The molecule has 22 heavy (non-hydrogen) atoms. The van der Waals surface area contributed by atoms with Gasteiger partial charge in [-0.2, -0.15) is 0 Å². The first kappa shape index (κ1) is 16.5. The second kappa shape index (κ2) is 7.91.